The van der Waals surface area contributed by atoms with Gasteiger partial charge in [0.1, 0.15) is 0 Å². The molecule has 0 heterocycles. The van der Waals surface area contributed by atoms with Gasteiger partial charge in [0.05, 0.1) is 10.7 Å². The molecule has 0 radical (unpaired) electrons. The van der Waals surface area contributed by atoms with Crippen molar-refractivity contribution in [2.45, 2.75) is 13.0 Å². The molecule has 0 spiro atoms. The van der Waals surface area contributed by atoms with Gasteiger partial charge in [-0.25, -0.2) is 0 Å². The first-order chi connectivity index (χ1) is 8.16. The predicted octanol–water partition coefficient (Wildman–Crippen LogP) is 5.17. The average Bonchev–Trinajstić information content (AvgIpc) is 2.32. The summed E-state index contributed by atoms with van der Waals surface area (Å²) in [6.07, 6.45) is 0. The molecule has 0 aromatic heterocycles. The maximum Gasteiger partial charge on any atom is 0.0637 e. The van der Waals surface area contributed by atoms with Crippen LogP contribution in [0.1, 0.15) is 18.5 Å². The van der Waals surface area contributed by atoms with Crippen LogP contribution in [0.25, 0.3) is 0 Å². The van der Waals surface area contributed by atoms with Gasteiger partial charge in [0.25, 0.3) is 0 Å². The third-order valence-corrected chi connectivity index (χ3v) is 3.16. The molecule has 0 saturated carbocycles. The van der Waals surface area contributed by atoms with Gasteiger partial charge in [-0.2, -0.15) is 0 Å². The predicted molar refractivity (Wildman–Crippen MR) is 74.9 cm³/mol. The second kappa shape index (κ2) is 5.44. The van der Waals surface area contributed by atoms with Gasteiger partial charge in [-0.05, 0) is 36.8 Å². The van der Waals surface area contributed by atoms with E-state index in [1.165, 1.54) is 0 Å². The topological polar surface area (TPSA) is 12.0 Å². The molecule has 0 bridgehead atoms. The van der Waals surface area contributed by atoms with Gasteiger partial charge in [-0.3, -0.25) is 0 Å². The summed E-state index contributed by atoms with van der Waals surface area (Å²) in [5, 5.41) is 4.83. The van der Waals surface area contributed by atoms with Crippen LogP contribution in [-0.4, -0.2) is 0 Å². The molecule has 0 aliphatic rings. The van der Waals surface area contributed by atoms with Gasteiger partial charge in [-0.15, -0.1) is 0 Å². The molecule has 1 N–H and O–H groups in total. The fraction of sp³-hybridized carbons (Fsp3) is 0.143. The summed E-state index contributed by atoms with van der Waals surface area (Å²) in [7, 11) is 0. The normalized spacial score (nSPS) is 12.2. The van der Waals surface area contributed by atoms with E-state index < -0.39 is 0 Å². The van der Waals surface area contributed by atoms with E-state index in [-0.39, 0.29) is 6.04 Å². The molecular formula is C14H13Cl2N. The summed E-state index contributed by atoms with van der Waals surface area (Å²) in [6.45, 7) is 2.08. The number of anilines is 1. The fourth-order valence-electron chi connectivity index (χ4n) is 1.67. The lowest BCUT2D eigenvalue weighted by Crippen LogP contribution is -2.06. The van der Waals surface area contributed by atoms with Crippen LogP contribution in [0.5, 0.6) is 0 Å². The molecule has 2 aromatic rings. The van der Waals surface area contributed by atoms with Crippen molar-refractivity contribution in [3.63, 3.8) is 0 Å². The molecule has 2 aromatic carbocycles. The zero-order valence-corrected chi connectivity index (χ0v) is 11.0. The molecule has 2 rings (SSSR count). The van der Waals surface area contributed by atoms with Crippen LogP contribution in [0, 0.1) is 0 Å². The SMILES string of the molecule is CC(Nc1ccccc1Cl)c1cccc(Cl)c1. The molecule has 1 nitrogen and oxygen atoms in total. The van der Waals surface area contributed by atoms with Crippen molar-refractivity contribution in [1.29, 1.82) is 0 Å². The van der Waals surface area contributed by atoms with E-state index in [1.54, 1.807) is 0 Å². The minimum absolute atomic E-state index is 0.161. The number of para-hydroxylation sites is 1. The number of rotatable bonds is 3. The lowest BCUT2D eigenvalue weighted by molar-refractivity contribution is 0.885. The molecule has 1 unspecified atom stereocenters. The van der Waals surface area contributed by atoms with Crippen molar-refractivity contribution in [3.8, 4) is 0 Å². The Labute approximate surface area is 111 Å². The van der Waals surface area contributed by atoms with Crippen molar-refractivity contribution in [3.05, 3.63) is 64.1 Å². The number of halogens is 2. The Morgan fingerprint density at radius 3 is 2.47 bits per heavy atom. The van der Waals surface area contributed by atoms with E-state index in [1.807, 2.05) is 48.5 Å². The second-order valence-electron chi connectivity index (χ2n) is 3.90. The molecule has 0 amide bonds. The lowest BCUT2D eigenvalue weighted by atomic mass is 10.1. The highest BCUT2D eigenvalue weighted by Gasteiger charge is 2.07. The number of hydrogen-bond acceptors (Lipinski definition) is 1. The van der Waals surface area contributed by atoms with Gasteiger partial charge in [0.15, 0.2) is 0 Å². The summed E-state index contributed by atoms with van der Waals surface area (Å²) < 4.78 is 0. The van der Waals surface area contributed by atoms with Crippen LogP contribution >= 0.6 is 23.2 Å². The Balaban J connectivity index is 2.17. The molecule has 1 atom stereocenters. The number of hydrogen-bond donors (Lipinski definition) is 1. The van der Waals surface area contributed by atoms with Crippen LogP contribution in [0.4, 0.5) is 5.69 Å². The Hall–Kier alpha value is -1.18. The smallest absolute Gasteiger partial charge is 0.0637 e. The lowest BCUT2D eigenvalue weighted by Gasteiger charge is -2.16. The van der Waals surface area contributed by atoms with E-state index in [0.29, 0.717) is 0 Å². The monoisotopic (exact) mass is 265 g/mol. The molecule has 88 valence electrons. The van der Waals surface area contributed by atoms with Crippen LogP contribution in [-0.2, 0) is 0 Å². The fourth-order valence-corrected chi connectivity index (χ4v) is 2.06. The summed E-state index contributed by atoms with van der Waals surface area (Å²) in [6, 6.07) is 15.7. The summed E-state index contributed by atoms with van der Waals surface area (Å²) in [4.78, 5) is 0. The highest BCUT2D eigenvalue weighted by atomic mass is 35.5. The van der Waals surface area contributed by atoms with Crippen molar-refractivity contribution in [2.24, 2.45) is 0 Å². The first kappa shape index (κ1) is 12.3. The van der Waals surface area contributed by atoms with Crippen molar-refractivity contribution >= 4 is 28.9 Å². The Morgan fingerprint density at radius 2 is 1.76 bits per heavy atom. The Morgan fingerprint density at radius 1 is 1.00 bits per heavy atom. The standard InChI is InChI=1S/C14H13Cl2N/c1-10(11-5-4-6-12(15)9-11)17-14-8-3-2-7-13(14)16/h2-10,17H,1H3. The zero-order chi connectivity index (χ0) is 12.3. The van der Waals surface area contributed by atoms with Crippen LogP contribution in [0.2, 0.25) is 10.0 Å². The minimum Gasteiger partial charge on any atom is -0.377 e. The third kappa shape index (κ3) is 3.15. The molecule has 17 heavy (non-hydrogen) atoms. The summed E-state index contributed by atoms with van der Waals surface area (Å²) in [5.74, 6) is 0. The van der Waals surface area contributed by atoms with E-state index in [2.05, 4.69) is 12.2 Å². The maximum atomic E-state index is 6.10. The molecule has 3 heteroatoms. The van der Waals surface area contributed by atoms with Crippen molar-refractivity contribution < 1.29 is 0 Å². The maximum absolute atomic E-state index is 6.10. The number of benzene rings is 2. The van der Waals surface area contributed by atoms with E-state index in [0.717, 1.165) is 21.3 Å². The van der Waals surface area contributed by atoms with Crippen LogP contribution in [0.15, 0.2) is 48.5 Å². The highest BCUT2D eigenvalue weighted by Crippen LogP contribution is 2.26. The molecular weight excluding hydrogens is 253 g/mol. The molecule has 0 saturated heterocycles. The first-order valence-corrected chi connectivity index (χ1v) is 6.19. The Kier molecular flexibility index (Phi) is 3.93. The van der Waals surface area contributed by atoms with E-state index >= 15 is 0 Å². The van der Waals surface area contributed by atoms with Crippen molar-refractivity contribution in [2.75, 3.05) is 5.32 Å². The van der Waals surface area contributed by atoms with Gasteiger partial charge in [0.2, 0.25) is 0 Å². The van der Waals surface area contributed by atoms with Gasteiger partial charge in [-0.1, -0.05) is 47.5 Å². The number of nitrogens with one attached hydrogen (secondary N) is 1. The summed E-state index contributed by atoms with van der Waals surface area (Å²) in [5.41, 5.74) is 2.07. The second-order valence-corrected chi connectivity index (χ2v) is 4.74. The molecule has 0 aliphatic carbocycles. The van der Waals surface area contributed by atoms with Crippen LogP contribution < -0.4 is 5.32 Å². The van der Waals surface area contributed by atoms with Crippen LogP contribution in [0.3, 0.4) is 0 Å². The van der Waals surface area contributed by atoms with Gasteiger partial charge < -0.3 is 5.32 Å². The van der Waals surface area contributed by atoms with E-state index in [4.69, 9.17) is 23.2 Å². The minimum atomic E-state index is 0.161. The highest BCUT2D eigenvalue weighted by molar-refractivity contribution is 6.33. The van der Waals surface area contributed by atoms with E-state index in [9.17, 15) is 0 Å². The summed E-state index contributed by atoms with van der Waals surface area (Å²) >= 11 is 12.1. The van der Waals surface area contributed by atoms with Gasteiger partial charge >= 0.3 is 0 Å². The average molecular weight is 266 g/mol. The third-order valence-electron chi connectivity index (χ3n) is 2.59. The van der Waals surface area contributed by atoms with Gasteiger partial charge in [0, 0.05) is 11.1 Å². The van der Waals surface area contributed by atoms with Crippen molar-refractivity contribution in [1.82, 2.24) is 0 Å². The largest absolute Gasteiger partial charge is 0.377 e. The Bertz CT molecular complexity index is 511. The quantitative estimate of drug-likeness (QED) is 0.808. The molecule has 0 fully saturated rings. The zero-order valence-electron chi connectivity index (χ0n) is 9.45. The first-order valence-electron chi connectivity index (χ1n) is 5.43. The molecule has 0 aliphatic heterocycles.